The quantitative estimate of drug-likeness (QED) is 0.878. The molecule has 0 fully saturated rings. The molecule has 0 aliphatic carbocycles. The summed E-state index contributed by atoms with van der Waals surface area (Å²) in [4.78, 5) is 12.7. The van der Waals surface area contributed by atoms with E-state index in [1.807, 2.05) is 4.57 Å². The van der Waals surface area contributed by atoms with E-state index in [9.17, 15) is 0 Å². The molecule has 2 aromatic heterocycles. The van der Waals surface area contributed by atoms with Gasteiger partial charge in [-0.1, -0.05) is 20.3 Å². The molecule has 6 heteroatoms. The van der Waals surface area contributed by atoms with Crippen molar-refractivity contribution in [2.24, 2.45) is 0 Å². The zero-order chi connectivity index (χ0) is 13.1. The molecule has 0 aliphatic heterocycles. The van der Waals surface area contributed by atoms with Crippen molar-refractivity contribution in [3.05, 3.63) is 6.33 Å². The molecule has 0 aliphatic rings. The van der Waals surface area contributed by atoms with Crippen molar-refractivity contribution >= 4 is 17.1 Å². The number of nitrogens with zero attached hydrogens (tertiary/aromatic N) is 4. The van der Waals surface area contributed by atoms with Crippen molar-refractivity contribution in [3.63, 3.8) is 0 Å². The van der Waals surface area contributed by atoms with Gasteiger partial charge in [0.15, 0.2) is 11.2 Å². The van der Waals surface area contributed by atoms with Crippen LogP contribution in [0.15, 0.2) is 6.33 Å². The highest BCUT2D eigenvalue weighted by Crippen LogP contribution is 2.29. The van der Waals surface area contributed by atoms with Gasteiger partial charge in [-0.05, 0) is 12.8 Å². The predicted molar refractivity (Wildman–Crippen MR) is 70.5 cm³/mol. The van der Waals surface area contributed by atoms with Gasteiger partial charge in [-0.3, -0.25) is 4.57 Å². The summed E-state index contributed by atoms with van der Waals surface area (Å²) in [5, 5.41) is 0. The Bertz CT molecular complexity index is 536. The van der Waals surface area contributed by atoms with E-state index in [1.165, 1.54) is 6.33 Å². The van der Waals surface area contributed by atoms with Crippen LogP contribution in [0.3, 0.4) is 0 Å². The number of anilines is 1. The number of nitrogen functional groups attached to an aromatic ring is 1. The number of nitrogens with two attached hydrogens (primary N) is 1. The minimum absolute atomic E-state index is 0.319. The minimum Gasteiger partial charge on any atom is -0.479 e. The van der Waals surface area contributed by atoms with Crippen LogP contribution in [0.25, 0.3) is 11.2 Å². The molecule has 2 heterocycles. The van der Waals surface area contributed by atoms with Crippen LogP contribution in [0.4, 0.5) is 5.95 Å². The Morgan fingerprint density at radius 3 is 2.78 bits per heavy atom. The normalized spacial score (nSPS) is 12.8. The number of rotatable bonds is 5. The number of imidazole rings is 1. The molecular weight excluding hydrogens is 230 g/mol. The Labute approximate surface area is 106 Å². The Morgan fingerprint density at radius 1 is 1.39 bits per heavy atom. The summed E-state index contributed by atoms with van der Waals surface area (Å²) in [7, 11) is 1.57. The number of methoxy groups -OCH3 is 1. The summed E-state index contributed by atoms with van der Waals surface area (Å²) in [6.45, 7) is 4.30. The molecule has 98 valence electrons. The summed E-state index contributed by atoms with van der Waals surface area (Å²) >= 11 is 0. The van der Waals surface area contributed by atoms with E-state index in [0.717, 1.165) is 24.9 Å². The summed E-state index contributed by atoms with van der Waals surface area (Å²) in [5.74, 6) is 0.945. The van der Waals surface area contributed by atoms with E-state index in [-0.39, 0.29) is 0 Å². The van der Waals surface area contributed by atoms with Crippen LogP contribution in [0, 0.1) is 0 Å². The first-order valence-corrected chi connectivity index (χ1v) is 6.25. The molecule has 2 rings (SSSR count). The molecule has 2 N–H and O–H groups in total. The maximum Gasteiger partial charge on any atom is 0.245 e. The van der Waals surface area contributed by atoms with Gasteiger partial charge in [0.05, 0.1) is 7.11 Å². The van der Waals surface area contributed by atoms with Gasteiger partial charge in [-0.15, -0.1) is 0 Å². The van der Waals surface area contributed by atoms with Crippen LogP contribution in [0.5, 0.6) is 5.88 Å². The third kappa shape index (κ3) is 1.98. The van der Waals surface area contributed by atoms with Crippen molar-refractivity contribution in [1.29, 1.82) is 0 Å². The number of ether oxygens (including phenoxy) is 1. The molecule has 2 aromatic rings. The van der Waals surface area contributed by atoms with Gasteiger partial charge < -0.3 is 10.5 Å². The molecule has 0 amide bonds. The van der Waals surface area contributed by atoms with E-state index in [2.05, 4.69) is 28.8 Å². The Balaban J connectivity index is 2.59. The third-order valence-electron chi connectivity index (χ3n) is 3.12. The van der Waals surface area contributed by atoms with E-state index in [0.29, 0.717) is 23.4 Å². The lowest BCUT2D eigenvalue weighted by Gasteiger charge is -2.17. The highest BCUT2D eigenvalue weighted by Gasteiger charge is 2.19. The van der Waals surface area contributed by atoms with Crippen molar-refractivity contribution in [1.82, 2.24) is 19.5 Å². The van der Waals surface area contributed by atoms with Crippen LogP contribution in [0.2, 0.25) is 0 Å². The first-order chi connectivity index (χ1) is 8.72. The van der Waals surface area contributed by atoms with Gasteiger partial charge >= 0.3 is 0 Å². The molecule has 0 aromatic carbocycles. The fourth-order valence-electron chi connectivity index (χ4n) is 2.26. The average molecular weight is 249 g/mol. The van der Waals surface area contributed by atoms with Crippen molar-refractivity contribution in [2.45, 2.75) is 39.2 Å². The standard InChI is InChI=1S/C12H19N5O/c1-4-6-8(5-2)17-10-9(16-12(17)13)11(18-3)15-7-14-10/h7-8H,4-6H2,1-3H3,(H2,13,16). The SMILES string of the molecule is CCCC(CC)n1c(N)nc2c(OC)ncnc21. The molecule has 6 nitrogen and oxygen atoms in total. The lowest BCUT2D eigenvalue weighted by molar-refractivity contribution is 0.401. The zero-order valence-corrected chi connectivity index (χ0v) is 11.1. The lowest BCUT2D eigenvalue weighted by Crippen LogP contribution is -2.11. The number of hydrogen-bond acceptors (Lipinski definition) is 5. The fourth-order valence-corrected chi connectivity index (χ4v) is 2.26. The van der Waals surface area contributed by atoms with Gasteiger partial charge in [-0.2, -0.15) is 4.98 Å². The minimum atomic E-state index is 0.319. The van der Waals surface area contributed by atoms with Crippen LogP contribution in [-0.4, -0.2) is 26.6 Å². The second-order valence-corrected chi connectivity index (χ2v) is 4.25. The Morgan fingerprint density at radius 2 is 2.17 bits per heavy atom. The fraction of sp³-hybridized carbons (Fsp3) is 0.583. The van der Waals surface area contributed by atoms with Crippen LogP contribution in [0.1, 0.15) is 39.2 Å². The van der Waals surface area contributed by atoms with Crippen molar-refractivity contribution in [2.75, 3.05) is 12.8 Å². The molecular formula is C12H19N5O. The van der Waals surface area contributed by atoms with Gasteiger partial charge in [-0.25, -0.2) is 9.97 Å². The number of aromatic nitrogens is 4. The molecule has 1 unspecified atom stereocenters. The largest absolute Gasteiger partial charge is 0.479 e. The predicted octanol–water partition coefficient (Wildman–Crippen LogP) is 2.17. The monoisotopic (exact) mass is 249 g/mol. The average Bonchev–Trinajstić information content (AvgIpc) is 2.72. The Hall–Kier alpha value is -1.85. The summed E-state index contributed by atoms with van der Waals surface area (Å²) in [6, 6.07) is 0.319. The van der Waals surface area contributed by atoms with E-state index < -0.39 is 0 Å². The summed E-state index contributed by atoms with van der Waals surface area (Å²) in [5.41, 5.74) is 7.39. The van der Waals surface area contributed by atoms with Crippen LogP contribution in [-0.2, 0) is 0 Å². The summed E-state index contributed by atoms with van der Waals surface area (Å²) < 4.78 is 7.18. The highest BCUT2D eigenvalue weighted by atomic mass is 16.5. The lowest BCUT2D eigenvalue weighted by atomic mass is 10.1. The first-order valence-electron chi connectivity index (χ1n) is 6.25. The van der Waals surface area contributed by atoms with Crippen molar-refractivity contribution < 1.29 is 4.74 Å². The van der Waals surface area contributed by atoms with E-state index >= 15 is 0 Å². The molecule has 0 spiro atoms. The number of hydrogen-bond donors (Lipinski definition) is 1. The van der Waals surface area contributed by atoms with Crippen LogP contribution >= 0.6 is 0 Å². The molecule has 0 radical (unpaired) electrons. The van der Waals surface area contributed by atoms with Gasteiger partial charge in [0.2, 0.25) is 11.8 Å². The third-order valence-corrected chi connectivity index (χ3v) is 3.12. The smallest absolute Gasteiger partial charge is 0.245 e. The second-order valence-electron chi connectivity index (χ2n) is 4.25. The molecule has 0 saturated carbocycles. The maximum atomic E-state index is 6.01. The maximum absolute atomic E-state index is 6.01. The molecule has 0 saturated heterocycles. The topological polar surface area (TPSA) is 78.9 Å². The van der Waals surface area contributed by atoms with Gasteiger partial charge in [0.25, 0.3) is 0 Å². The van der Waals surface area contributed by atoms with Crippen molar-refractivity contribution in [3.8, 4) is 5.88 Å². The Kier molecular flexibility index (Phi) is 3.64. The molecule has 1 atom stereocenters. The van der Waals surface area contributed by atoms with Crippen LogP contribution < -0.4 is 10.5 Å². The summed E-state index contributed by atoms with van der Waals surface area (Å²) in [6.07, 6.45) is 4.63. The van der Waals surface area contributed by atoms with Gasteiger partial charge in [0.1, 0.15) is 6.33 Å². The second kappa shape index (κ2) is 5.20. The van der Waals surface area contributed by atoms with Gasteiger partial charge in [0, 0.05) is 6.04 Å². The molecule has 0 bridgehead atoms. The first kappa shape index (κ1) is 12.6. The van der Waals surface area contributed by atoms with E-state index in [4.69, 9.17) is 10.5 Å². The molecule has 18 heavy (non-hydrogen) atoms. The number of fused-ring (bicyclic) bond motifs is 1. The van der Waals surface area contributed by atoms with E-state index in [1.54, 1.807) is 7.11 Å². The highest BCUT2D eigenvalue weighted by molar-refractivity contribution is 5.79. The zero-order valence-electron chi connectivity index (χ0n) is 11.1.